The average molecular weight is 452 g/mol. The standard InChI is InChI=1S/C18H21N5O5S2/c1-2-3-8-23-14-7-6-12(30(19,26)27)10-13(14)20-18(23)29-11-16(24)21-22-17(25)15-5-4-9-28-15/h4-7,9-10H,2-3,8,11H2,1H3,(H,21,24)(H,22,25)(H2,19,26,27). The van der Waals surface area contributed by atoms with Gasteiger partial charge in [-0.05, 0) is 36.8 Å². The average Bonchev–Trinajstić information content (AvgIpc) is 3.35. The van der Waals surface area contributed by atoms with Crippen molar-refractivity contribution in [2.75, 3.05) is 5.75 Å². The van der Waals surface area contributed by atoms with E-state index in [2.05, 4.69) is 22.8 Å². The number of hydrogen-bond donors (Lipinski definition) is 3. The maximum atomic E-state index is 12.1. The molecular weight excluding hydrogens is 430 g/mol. The van der Waals surface area contributed by atoms with Crippen LogP contribution in [0.2, 0.25) is 0 Å². The molecule has 0 aliphatic carbocycles. The third-order valence-electron chi connectivity index (χ3n) is 4.14. The third-order valence-corrected chi connectivity index (χ3v) is 6.03. The van der Waals surface area contributed by atoms with Crippen LogP contribution in [-0.4, -0.2) is 35.5 Å². The zero-order valence-electron chi connectivity index (χ0n) is 16.1. The Labute approximate surface area is 177 Å². The van der Waals surface area contributed by atoms with Crippen LogP contribution in [-0.2, 0) is 21.4 Å². The summed E-state index contributed by atoms with van der Waals surface area (Å²) in [5, 5.41) is 5.77. The first-order valence-electron chi connectivity index (χ1n) is 9.08. The molecule has 0 saturated heterocycles. The molecule has 3 aromatic rings. The van der Waals surface area contributed by atoms with Crippen LogP contribution in [0.3, 0.4) is 0 Å². The molecule has 0 atom stereocenters. The first-order chi connectivity index (χ1) is 14.3. The predicted octanol–water partition coefficient (Wildman–Crippen LogP) is 1.63. The quantitative estimate of drug-likeness (QED) is 0.348. The monoisotopic (exact) mass is 451 g/mol. The Morgan fingerprint density at radius 3 is 2.73 bits per heavy atom. The van der Waals surface area contributed by atoms with Gasteiger partial charge in [0, 0.05) is 6.54 Å². The highest BCUT2D eigenvalue weighted by Gasteiger charge is 2.16. The lowest BCUT2D eigenvalue weighted by Gasteiger charge is -2.09. The van der Waals surface area contributed by atoms with E-state index in [9.17, 15) is 18.0 Å². The number of primary sulfonamides is 1. The molecule has 0 unspecified atom stereocenters. The molecule has 4 N–H and O–H groups in total. The van der Waals surface area contributed by atoms with Crippen molar-refractivity contribution < 1.29 is 22.4 Å². The van der Waals surface area contributed by atoms with Gasteiger partial charge in [-0.15, -0.1) is 0 Å². The van der Waals surface area contributed by atoms with Crippen LogP contribution >= 0.6 is 11.8 Å². The number of carbonyl (C=O) groups excluding carboxylic acids is 2. The number of nitrogens with one attached hydrogen (secondary N) is 2. The molecule has 1 aromatic carbocycles. The summed E-state index contributed by atoms with van der Waals surface area (Å²) in [7, 11) is -3.84. The molecule has 2 amide bonds. The summed E-state index contributed by atoms with van der Waals surface area (Å²) < 4.78 is 30.1. The van der Waals surface area contributed by atoms with E-state index in [4.69, 9.17) is 9.56 Å². The Morgan fingerprint density at radius 1 is 1.27 bits per heavy atom. The number of aromatic nitrogens is 2. The van der Waals surface area contributed by atoms with Crippen molar-refractivity contribution in [1.82, 2.24) is 20.4 Å². The number of imidazole rings is 1. The number of carbonyl (C=O) groups is 2. The molecule has 2 heterocycles. The van der Waals surface area contributed by atoms with E-state index in [-0.39, 0.29) is 16.4 Å². The molecule has 160 valence electrons. The van der Waals surface area contributed by atoms with Crippen LogP contribution < -0.4 is 16.0 Å². The van der Waals surface area contributed by atoms with Gasteiger partial charge in [-0.25, -0.2) is 18.5 Å². The molecule has 0 spiro atoms. The van der Waals surface area contributed by atoms with Crippen molar-refractivity contribution in [1.29, 1.82) is 0 Å². The van der Waals surface area contributed by atoms with E-state index in [1.165, 1.54) is 36.2 Å². The van der Waals surface area contributed by atoms with E-state index in [0.717, 1.165) is 18.4 Å². The van der Waals surface area contributed by atoms with Crippen LogP contribution in [0.25, 0.3) is 11.0 Å². The van der Waals surface area contributed by atoms with Crippen molar-refractivity contribution in [2.45, 2.75) is 36.4 Å². The van der Waals surface area contributed by atoms with Gasteiger partial charge in [0.05, 0.1) is 27.9 Å². The smallest absolute Gasteiger partial charge is 0.305 e. The highest BCUT2D eigenvalue weighted by Crippen LogP contribution is 2.26. The summed E-state index contributed by atoms with van der Waals surface area (Å²) in [5.41, 5.74) is 5.81. The fourth-order valence-corrected chi connectivity index (χ4v) is 4.04. The highest BCUT2D eigenvalue weighted by molar-refractivity contribution is 7.99. The molecule has 0 bridgehead atoms. The fourth-order valence-electron chi connectivity index (χ4n) is 2.67. The Kier molecular flexibility index (Phi) is 6.80. The summed E-state index contributed by atoms with van der Waals surface area (Å²) in [6.45, 7) is 2.72. The minimum atomic E-state index is -3.84. The maximum absolute atomic E-state index is 12.1. The summed E-state index contributed by atoms with van der Waals surface area (Å²) in [6.07, 6.45) is 3.20. The lowest BCUT2D eigenvalue weighted by Crippen LogP contribution is -2.42. The maximum Gasteiger partial charge on any atom is 0.305 e. The Balaban J connectivity index is 1.71. The number of amides is 2. The number of hydrazine groups is 1. The second-order valence-corrected chi connectivity index (χ2v) is 8.87. The summed E-state index contributed by atoms with van der Waals surface area (Å²) in [4.78, 5) is 28.3. The SMILES string of the molecule is CCCCn1c(SCC(=O)NNC(=O)c2ccco2)nc2cc(S(N)(=O)=O)ccc21. The second-order valence-electron chi connectivity index (χ2n) is 6.36. The lowest BCUT2D eigenvalue weighted by atomic mass is 10.3. The van der Waals surface area contributed by atoms with Crippen molar-refractivity contribution in [3.63, 3.8) is 0 Å². The molecule has 0 saturated carbocycles. The number of thioether (sulfide) groups is 1. The summed E-state index contributed by atoms with van der Waals surface area (Å²) >= 11 is 1.18. The Bertz CT molecular complexity index is 1160. The molecular formula is C18H21N5O5S2. The Hall–Kier alpha value is -2.83. The minimum absolute atomic E-state index is 0.00404. The van der Waals surface area contributed by atoms with Gasteiger partial charge < -0.3 is 8.98 Å². The van der Waals surface area contributed by atoms with Crippen LogP contribution in [0.15, 0.2) is 51.1 Å². The van der Waals surface area contributed by atoms with Gasteiger partial charge in [-0.1, -0.05) is 25.1 Å². The number of nitrogens with two attached hydrogens (primary N) is 1. The van der Waals surface area contributed by atoms with Crippen LogP contribution in [0.5, 0.6) is 0 Å². The van der Waals surface area contributed by atoms with E-state index < -0.39 is 21.8 Å². The largest absolute Gasteiger partial charge is 0.459 e. The summed E-state index contributed by atoms with van der Waals surface area (Å²) in [6, 6.07) is 7.55. The van der Waals surface area contributed by atoms with Gasteiger partial charge in [0.15, 0.2) is 10.9 Å². The zero-order valence-corrected chi connectivity index (χ0v) is 17.8. The molecule has 0 radical (unpaired) electrons. The zero-order chi connectivity index (χ0) is 21.7. The van der Waals surface area contributed by atoms with Gasteiger partial charge in [0.25, 0.3) is 0 Å². The first kappa shape index (κ1) is 21.9. The normalized spacial score (nSPS) is 11.5. The molecule has 0 aliphatic rings. The van der Waals surface area contributed by atoms with Crippen molar-refractivity contribution in [3.05, 3.63) is 42.4 Å². The van der Waals surface area contributed by atoms with Gasteiger partial charge in [0.2, 0.25) is 15.9 Å². The van der Waals surface area contributed by atoms with Gasteiger partial charge in [-0.3, -0.25) is 20.4 Å². The number of sulfonamides is 1. The number of benzene rings is 1. The van der Waals surface area contributed by atoms with Crippen molar-refractivity contribution in [2.24, 2.45) is 5.14 Å². The van der Waals surface area contributed by atoms with Crippen molar-refractivity contribution in [3.8, 4) is 0 Å². The molecule has 2 aromatic heterocycles. The van der Waals surface area contributed by atoms with Crippen molar-refractivity contribution >= 4 is 44.6 Å². The van der Waals surface area contributed by atoms with Crippen LogP contribution in [0, 0.1) is 0 Å². The number of furan rings is 1. The Morgan fingerprint density at radius 2 is 2.07 bits per heavy atom. The topological polar surface area (TPSA) is 149 Å². The third kappa shape index (κ3) is 5.20. The number of unbranched alkanes of at least 4 members (excludes halogenated alkanes) is 1. The molecule has 10 nitrogen and oxygen atoms in total. The van der Waals surface area contributed by atoms with Crippen LogP contribution in [0.1, 0.15) is 30.3 Å². The molecule has 30 heavy (non-hydrogen) atoms. The predicted molar refractivity (Wildman–Crippen MR) is 111 cm³/mol. The summed E-state index contributed by atoms with van der Waals surface area (Å²) in [5.74, 6) is -0.922. The number of nitrogens with zero attached hydrogens (tertiary/aromatic N) is 2. The first-order valence-corrected chi connectivity index (χ1v) is 11.6. The highest BCUT2D eigenvalue weighted by atomic mass is 32.2. The van der Waals surface area contributed by atoms with Gasteiger partial charge >= 0.3 is 5.91 Å². The molecule has 12 heteroatoms. The number of fused-ring (bicyclic) bond motifs is 1. The number of hydrogen-bond acceptors (Lipinski definition) is 7. The minimum Gasteiger partial charge on any atom is -0.459 e. The molecule has 0 aliphatic heterocycles. The van der Waals surface area contributed by atoms with E-state index in [0.29, 0.717) is 17.2 Å². The number of rotatable bonds is 8. The number of aryl methyl sites for hydroxylation is 1. The van der Waals surface area contributed by atoms with Crippen LogP contribution in [0.4, 0.5) is 0 Å². The van der Waals surface area contributed by atoms with Gasteiger partial charge in [-0.2, -0.15) is 0 Å². The van der Waals surface area contributed by atoms with E-state index in [1.807, 2.05) is 4.57 Å². The fraction of sp³-hybridized carbons (Fsp3) is 0.278. The second kappa shape index (κ2) is 9.32. The molecule has 0 fully saturated rings. The van der Waals surface area contributed by atoms with E-state index >= 15 is 0 Å². The lowest BCUT2D eigenvalue weighted by molar-refractivity contribution is -0.119. The molecule has 3 rings (SSSR count). The van der Waals surface area contributed by atoms with Gasteiger partial charge in [0.1, 0.15) is 0 Å². The van der Waals surface area contributed by atoms with E-state index in [1.54, 1.807) is 12.1 Å².